The molecule has 2 N–H and O–H groups in total. The number of anilines is 3. The van der Waals surface area contributed by atoms with Crippen molar-refractivity contribution < 1.29 is 18.0 Å². The van der Waals surface area contributed by atoms with E-state index in [2.05, 4.69) is 20.8 Å². The summed E-state index contributed by atoms with van der Waals surface area (Å²) >= 11 is 2.84. The molecule has 3 aromatic rings. The van der Waals surface area contributed by atoms with Gasteiger partial charge in [-0.05, 0) is 36.4 Å². The van der Waals surface area contributed by atoms with Gasteiger partial charge in [-0.2, -0.15) is 8.78 Å². The van der Waals surface area contributed by atoms with Gasteiger partial charge >= 0.3 is 0 Å². The minimum absolute atomic E-state index is 0.0991. The van der Waals surface area contributed by atoms with E-state index < -0.39 is 11.6 Å². The first kappa shape index (κ1) is 20.5. The van der Waals surface area contributed by atoms with Crippen LogP contribution in [0.25, 0.3) is 0 Å². The number of carbonyl (C=O) groups is 1. The van der Waals surface area contributed by atoms with Crippen LogP contribution in [0, 0.1) is 5.82 Å². The number of hydrogen-bond acceptors (Lipinski definition) is 7. The van der Waals surface area contributed by atoms with Gasteiger partial charge in [0, 0.05) is 10.6 Å². The number of thioether (sulfide) groups is 2. The lowest BCUT2D eigenvalue weighted by atomic mass is 10.3. The van der Waals surface area contributed by atoms with Gasteiger partial charge in [-0.25, -0.2) is 4.39 Å². The first-order chi connectivity index (χ1) is 13.5. The van der Waals surface area contributed by atoms with Crippen LogP contribution in [0.5, 0.6) is 0 Å². The summed E-state index contributed by atoms with van der Waals surface area (Å²) in [5.74, 6) is -3.05. The SMILES string of the molecule is O=C(CSc1nnc(Nc2ccccc2F)s1)Nc1ccc(SC(F)F)cc1. The third-order valence-electron chi connectivity index (χ3n) is 3.21. The molecular weight excluding hydrogens is 429 g/mol. The molecule has 0 aliphatic rings. The Morgan fingerprint density at radius 3 is 2.57 bits per heavy atom. The average molecular weight is 443 g/mol. The number of nitrogens with one attached hydrogen (secondary N) is 2. The highest BCUT2D eigenvalue weighted by molar-refractivity contribution is 8.01. The Morgan fingerprint density at radius 2 is 1.86 bits per heavy atom. The van der Waals surface area contributed by atoms with Gasteiger partial charge in [-0.3, -0.25) is 4.79 Å². The maximum Gasteiger partial charge on any atom is 0.288 e. The molecule has 146 valence electrons. The fraction of sp³-hybridized carbons (Fsp3) is 0.118. The van der Waals surface area contributed by atoms with E-state index >= 15 is 0 Å². The summed E-state index contributed by atoms with van der Waals surface area (Å²) in [5.41, 5.74) is 0.810. The second-order valence-corrected chi connectivity index (χ2v) is 8.48. The van der Waals surface area contributed by atoms with Crippen molar-refractivity contribution in [2.45, 2.75) is 15.0 Å². The normalized spacial score (nSPS) is 10.9. The Morgan fingerprint density at radius 1 is 1.11 bits per heavy atom. The number of hydrogen-bond donors (Lipinski definition) is 2. The zero-order valence-corrected chi connectivity index (χ0v) is 16.5. The van der Waals surface area contributed by atoms with Crippen molar-refractivity contribution in [3.05, 3.63) is 54.3 Å². The van der Waals surface area contributed by atoms with Gasteiger partial charge in [-0.1, -0.05) is 47.0 Å². The molecule has 1 amide bonds. The first-order valence-corrected chi connectivity index (χ1v) is 10.5. The quantitative estimate of drug-likeness (QED) is 0.451. The summed E-state index contributed by atoms with van der Waals surface area (Å²) in [7, 11) is 0. The molecule has 0 unspecified atom stereocenters. The molecule has 5 nitrogen and oxygen atoms in total. The zero-order chi connectivity index (χ0) is 19.9. The molecule has 0 saturated carbocycles. The van der Waals surface area contributed by atoms with Crippen LogP contribution in [0.4, 0.5) is 29.7 Å². The second kappa shape index (κ2) is 9.80. The number of benzene rings is 2. The number of nitrogens with zero attached hydrogens (tertiary/aromatic N) is 2. The lowest BCUT2D eigenvalue weighted by Gasteiger charge is -2.05. The Balaban J connectivity index is 1.48. The predicted molar refractivity (Wildman–Crippen MR) is 107 cm³/mol. The molecule has 2 aromatic carbocycles. The minimum atomic E-state index is -2.48. The maximum atomic E-state index is 13.6. The molecule has 0 spiro atoms. The smallest absolute Gasteiger partial charge is 0.288 e. The standard InChI is InChI=1S/C17H13F3N4OS3/c18-12-3-1-2-4-13(12)22-16-23-24-17(28-16)26-9-14(25)21-10-5-7-11(8-6-10)27-15(19)20/h1-8,15H,9H2,(H,21,25)(H,22,23). The van der Waals surface area contributed by atoms with Crippen molar-refractivity contribution in [3.63, 3.8) is 0 Å². The average Bonchev–Trinajstić information content (AvgIpc) is 3.11. The monoisotopic (exact) mass is 442 g/mol. The lowest BCUT2D eigenvalue weighted by molar-refractivity contribution is -0.113. The van der Waals surface area contributed by atoms with Crippen LogP contribution in [0.2, 0.25) is 0 Å². The summed E-state index contributed by atoms with van der Waals surface area (Å²) in [6.45, 7) is 0. The van der Waals surface area contributed by atoms with Gasteiger partial charge < -0.3 is 10.6 Å². The molecule has 0 fully saturated rings. The van der Waals surface area contributed by atoms with E-state index in [-0.39, 0.29) is 11.7 Å². The number of amides is 1. The zero-order valence-electron chi connectivity index (χ0n) is 14.1. The molecule has 28 heavy (non-hydrogen) atoms. The Bertz CT molecular complexity index is 937. The Labute approximate surface area is 171 Å². The van der Waals surface area contributed by atoms with Crippen molar-refractivity contribution in [3.8, 4) is 0 Å². The summed E-state index contributed by atoms with van der Waals surface area (Å²) in [6.07, 6.45) is 0. The van der Waals surface area contributed by atoms with Crippen LogP contribution in [-0.2, 0) is 4.79 Å². The summed E-state index contributed by atoms with van der Waals surface area (Å²) < 4.78 is 38.8. The molecule has 0 aliphatic heterocycles. The van der Waals surface area contributed by atoms with Crippen molar-refractivity contribution in [1.29, 1.82) is 0 Å². The second-order valence-electron chi connectivity index (χ2n) is 5.22. The predicted octanol–water partition coefficient (Wildman–Crippen LogP) is 5.47. The molecule has 0 radical (unpaired) electrons. The largest absolute Gasteiger partial charge is 0.328 e. The van der Waals surface area contributed by atoms with Crippen LogP contribution >= 0.6 is 34.9 Å². The molecule has 0 bridgehead atoms. The summed E-state index contributed by atoms with van der Waals surface area (Å²) in [5, 5.41) is 13.8. The van der Waals surface area contributed by atoms with Crippen LogP contribution in [0.1, 0.15) is 0 Å². The van der Waals surface area contributed by atoms with Crippen LogP contribution < -0.4 is 10.6 Å². The van der Waals surface area contributed by atoms with Crippen molar-refractivity contribution >= 4 is 57.3 Å². The Kier molecular flexibility index (Phi) is 7.18. The van der Waals surface area contributed by atoms with Crippen molar-refractivity contribution in [2.24, 2.45) is 0 Å². The van der Waals surface area contributed by atoms with Gasteiger partial charge in [0.25, 0.3) is 5.76 Å². The minimum Gasteiger partial charge on any atom is -0.328 e. The van der Waals surface area contributed by atoms with E-state index in [9.17, 15) is 18.0 Å². The van der Waals surface area contributed by atoms with E-state index in [4.69, 9.17) is 0 Å². The van der Waals surface area contributed by atoms with Gasteiger partial charge in [0.05, 0.1) is 11.4 Å². The fourth-order valence-electron chi connectivity index (χ4n) is 2.04. The van der Waals surface area contributed by atoms with Crippen molar-refractivity contribution in [2.75, 3.05) is 16.4 Å². The number of alkyl halides is 2. The van der Waals surface area contributed by atoms with Crippen LogP contribution in [-0.4, -0.2) is 27.6 Å². The lowest BCUT2D eigenvalue weighted by Crippen LogP contribution is -2.13. The molecule has 0 aliphatic carbocycles. The molecule has 3 rings (SSSR count). The van der Waals surface area contributed by atoms with E-state index in [1.807, 2.05) is 0 Å². The highest BCUT2D eigenvalue weighted by Gasteiger charge is 2.11. The molecule has 11 heteroatoms. The molecular formula is C17H13F3N4OS3. The third-order valence-corrected chi connectivity index (χ3v) is 5.91. The van der Waals surface area contributed by atoms with Crippen molar-refractivity contribution in [1.82, 2.24) is 10.2 Å². The summed E-state index contributed by atoms with van der Waals surface area (Å²) in [6, 6.07) is 12.4. The number of para-hydroxylation sites is 1. The van der Waals surface area contributed by atoms with E-state index in [1.54, 1.807) is 30.3 Å². The fourth-order valence-corrected chi connectivity index (χ4v) is 4.10. The third kappa shape index (κ3) is 6.14. The molecule has 0 saturated heterocycles. The first-order valence-electron chi connectivity index (χ1n) is 7.82. The number of aromatic nitrogens is 2. The van der Waals surface area contributed by atoms with E-state index in [0.29, 0.717) is 37.5 Å². The topological polar surface area (TPSA) is 66.9 Å². The van der Waals surface area contributed by atoms with Crippen LogP contribution in [0.3, 0.4) is 0 Å². The van der Waals surface area contributed by atoms with E-state index in [1.165, 1.54) is 41.3 Å². The van der Waals surface area contributed by atoms with E-state index in [0.717, 1.165) is 0 Å². The van der Waals surface area contributed by atoms with Gasteiger partial charge in [0.1, 0.15) is 5.82 Å². The number of carbonyl (C=O) groups excluding carboxylic acids is 1. The molecule has 1 heterocycles. The Hall–Kier alpha value is -2.24. The van der Waals surface area contributed by atoms with Gasteiger partial charge in [0.15, 0.2) is 4.34 Å². The highest BCUT2D eigenvalue weighted by Crippen LogP contribution is 2.29. The molecule has 1 aromatic heterocycles. The van der Waals surface area contributed by atoms with Gasteiger partial charge in [-0.15, -0.1) is 10.2 Å². The number of rotatable bonds is 8. The highest BCUT2D eigenvalue weighted by atomic mass is 32.2. The summed E-state index contributed by atoms with van der Waals surface area (Å²) in [4.78, 5) is 12.4. The molecule has 0 atom stereocenters. The van der Waals surface area contributed by atoms with Gasteiger partial charge in [0.2, 0.25) is 11.0 Å². The van der Waals surface area contributed by atoms with Crippen LogP contribution in [0.15, 0.2) is 57.8 Å². The maximum absolute atomic E-state index is 13.6. The number of halogens is 3.